The van der Waals surface area contributed by atoms with E-state index < -0.39 is 0 Å². The SMILES string of the molecule is CC(N)CCCC(C)C(=O)Nc1ccc(F)c(Br)c1. The van der Waals surface area contributed by atoms with Crippen LogP contribution >= 0.6 is 15.9 Å². The molecule has 0 saturated carbocycles. The molecule has 0 radical (unpaired) electrons. The van der Waals surface area contributed by atoms with E-state index in [-0.39, 0.29) is 23.7 Å². The molecule has 3 N–H and O–H groups in total. The van der Waals surface area contributed by atoms with Gasteiger partial charge in [-0.2, -0.15) is 0 Å². The first-order valence-electron chi connectivity index (χ1n) is 6.41. The van der Waals surface area contributed by atoms with E-state index in [0.717, 1.165) is 19.3 Å². The zero-order valence-electron chi connectivity index (χ0n) is 11.2. The summed E-state index contributed by atoms with van der Waals surface area (Å²) in [4.78, 5) is 11.9. The quantitative estimate of drug-likeness (QED) is 0.835. The number of anilines is 1. The van der Waals surface area contributed by atoms with Gasteiger partial charge in [-0.3, -0.25) is 4.79 Å². The number of hydrogen-bond donors (Lipinski definition) is 2. The standard InChI is InChI=1S/C14H20BrFN2O/c1-9(4-3-5-10(2)17)14(19)18-11-6-7-13(16)12(15)8-11/h6-10H,3-5,17H2,1-2H3,(H,18,19). The molecule has 3 nitrogen and oxygen atoms in total. The molecule has 0 fully saturated rings. The van der Waals surface area contributed by atoms with E-state index in [9.17, 15) is 9.18 Å². The average molecular weight is 331 g/mol. The highest BCUT2D eigenvalue weighted by Crippen LogP contribution is 2.21. The van der Waals surface area contributed by atoms with Gasteiger partial charge in [0.25, 0.3) is 0 Å². The molecule has 0 heterocycles. The van der Waals surface area contributed by atoms with Gasteiger partial charge in [0.1, 0.15) is 5.82 Å². The second-order valence-corrected chi connectivity index (χ2v) is 5.78. The lowest BCUT2D eigenvalue weighted by Gasteiger charge is -2.13. The van der Waals surface area contributed by atoms with Gasteiger partial charge in [0.2, 0.25) is 5.91 Å². The summed E-state index contributed by atoms with van der Waals surface area (Å²) >= 11 is 3.09. The summed E-state index contributed by atoms with van der Waals surface area (Å²) in [5.41, 5.74) is 6.26. The number of halogens is 2. The topological polar surface area (TPSA) is 55.1 Å². The van der Waals surface area contributed by atoms with Crippen LogP contribution in [0.25, 0.3) is 0 Å². The predicted octanol–water partition coefficient (Wildman–Crippen LogP) is 3.68. The highest BCUT2D eigenvalue weighted by Gasteiger charge is 2.13. The van der Waals surface area contributed by atoms with Crippen molar-refractivity contribution in [1.82, 2.24) is 0 Å². The molecule has 5 heteroatoms. The first-order valence-corrected chi connectivity index (χ1v) is 7.21. The Kier molecular flexibility index (Phi) is 6.45. The van der Waals surface area contributed by atoms with Crippen molar-refractivity contribution in [3.63, 3.8) is 0 Å². The molecule has 0 spiro atoms. The lowest BCUT2D eigenvalue weighted by atomic mass is 10.0. The molecule has 2 unspecified atom stereocenters. The molecule has 1 aromatic rings. The van der Waals surface area contributed by atoms with E-state index >= 15 is 0 Å². The summed E-state index contributed by atoms with van der Waals surface area (Å²) in [6.45, 7) is 3.84. The molecule has 0 aliphatic carbocycles. The second-order valence-electron chi connectivity index (χ2n) is 4.93. The number of nitrogens with one attached hydrogen (secondary N) is 1. The Balaban J connectivity index is 2.47. The Bertz CT molecular complexity index is 437. The van der Waals surface area contributed by atoms with Gasteiger partial charge in [-0.05, 0) is 53.9 Å². The molecule has 0 saturated heterocycles. The molecule has 1 aromatic carbocycles. The molecule has 19 heavy (non-hydrogen) atoms. The van der Waals surface area contributed by atoms with Crippen LogP contribution in [0.15, 0.2) is 22.7 Å². The van der Waals surface area contributed by atoms with E-state index in [1.807, 2.05) is 13.8 Å². The summed E-state index contributed by atoms with van der Waals surface area (Å²) in [6, 6.07) is 4.60. The van der Waals surface area contributed by atoms with Crippen LogP contribution in [0.4, 0.5) is 10.1 Å². The molecule has 0 aliphatic rings. The van der Waals surface area contributed by atoms with Crippen LogP contribution in [-0.4, -0.2) is 11.9 Å². The van der Waals surface area contributed by atoms with Gasteiger partial charge in [0, 0.05) is 17.6 Å². The minimum atomic E-state index is -0.344. The van der Waals surface area contributed by atoms with Gasteiger partial charge in [-0.25, -0.2) is 4.39 Å². The van der Waals surface area contributed by atoms with Crippen LogP contribution in [0.2, 0.25) is 0 Å². The van der Waals surface area contributed by atoms with Crippen molar-refractivity contribution < 1.29 is 9.18 Å². The maximum atomic E-state index is 13.1. The highest BCUT2D eigenvalue weighted by atomic mass is 79.9. The second kappa shape index (κ2) is 7.60. The summed E-state index contributed by atoms with van der Waals surface area (Å²) in [7, 11) is 0. The molecular formula is C14H20BrFN2O. The largest absolute Gasteiger partial charge is 0.328 e. The number of hydrogen-bond acceptors (Lipinski definition) is 2. The number of carbonyl (C=O) groups is 1. The minimum absolute atomic E-state index is 0.0526. The maximum Gasteiger partial charge on any atom is 0.227 e. The van der Waals surface area contributed by atoms with E-state index in [4.69, 9.17) is 5.73 Å². The zero-order chi connectivity index (χ0) is 14.4. The maximum absolute atomic E-state index is 13.1. The van der Waals surface area contributed by atoms with Gasteiger partial charge in [-0.15, -0.1) is 0 Å². The van der Waals surface area contributed by atoms with E-state index in [2.05, 4.69) is 21.2 Å². The van der Waals surface area contributed by atoms with Crippen molar-refractivity contribution in [2.45, 2.75) is 39.2 Å². The normalized spacial score (nSPS) is 13.9. The first-order chi connectivity index (χ1) is 8.90. The number of rotatable bonds is 6. The summed E-state index contributed by atoms with van der Waals surface area (Å²) in [6.07, 6.45) is 2.65. The molecule has 0 aromatic heterocycles. The molecule has 2 atom stereocenters. The fourth-order valence-corrected chi connectivity index (χ4v) is 2.10. The average Bonchev–Trinajstić information content (AvgIpc) is 2.33. The smallest absolute Gasteiger partial charge is 0.227 e. The van der Waals surface area contributed by atoms with Crippen molar-refractivity contribution in [3.05, 3.63) is 28.5 Å². The molecule has 0 bridgehead atoms. The molecule has 0 aliphatic heterocycles. The van der Waals surface area contributed by atoms with Crippen LogP contribution in [0.5, 0.6) is 0 Å². The third-order valence-corrected chi connectivity index (χ3v) is 3.54. The lowest BCUT2D eigenvalue weighted by Crippen LogP contribution is -2.21. The molecular weight excluding hydrogens is 311 g/mol. The van der Waals surface area contributed by atoms with E-state index in [0.29, 0.717) is 10.2 Å². The van der Waals surface area contributed by atoms with Crippen molar-refractivity contribution in [2.24, 2.45) is 11.7 Å². The number of benzene rings is 1. The third kappa shape index (κ3) is 5.70. The fourth-order valence-electron chi connectivity index (χ4n) is 1.72. The number of amides is 1. The van der Waals surface area contributed by atoms with Gasteiger partial charge in [0.05, 0.1) is 4.47 Å². The minimum Gasteiger partial charge on any atom is -0.328 e. The number of carbonyl (C=O) groups excluding carboxylic acids is 1. The van der Waals surface area contributed by atoms with E-state index in [1.54, 1.807) is 12.1 Å². The van der Waals surface area contributed by atoms with Crippen LogP contribution in [0.1, 0.15) is 33.1 Å². The van der Waals surface area contributed by atoms with Crippen molar-refractivity contribution >= 4 is 27.5 Å². The van der Waals surface area contributed by atoms with E-state index in [1.165, 1.54) is 6.07 Å². The van der Waals surface area contributed by atoms with Crippen molar-refractivity contribution in [2.75, 3.05) is 5.32 Å². The Hall–Kier alpha value is -0.940. The first kappa shape index (κ1) is 16.1. The van der Waals surface area contributed by atoms with Crippen LogP contribution < -0.4 is 11.1 Å². The summed E-state index contributed by atoms with van der Waals surface area (Å²) in [5, 5.41) is 2.78. The third-order valence-electron chi connectivity index (χ3n) is 2.93. The van der Waals surface area contributed by atoms with Gasteiger partial charge >= 0.3 is 0 Å². The lowest BCUT2D eigenvalue weighted by molar-refractivity contribution is -0.119. The Morgan fingerprint density at radius 2 is 2.11 bits per heavy atom. The van der Waals surface area contributed by atoms with Crippen molar-refractivity contribution in [3.8, 4) is 0 Å². The summed E-state index contributed by atoms with van der Waals surface area (Å²) < 4.78 is 13.4. The Morgan fingerprint density at radius 1 is 1.42 bits per heavy atom. The zero-order valence-corrected chi connectivity index (χ0v) is 12.8. The monoisotopic (exact) mass is 330 g/mol. The van der Waals surface area contributed by atoms with Gasteiger partial charge in [-0.1, -0.05) is 13.3 Å². The van der Waals surface area contributed by atoms with Gasteiger partial charge in [0.15, 0.2) is 0 Å². The molecule has 106 valence electrons. The fraction of sp³-hybridized carbons (Fsp3) is 0.500. The predicted molar refractivity (Wildman–Crippen MR) is 79.4 cm³/mol. The molecule has 1 amide bonds. The Morgan fingerprint density at radius 3 is 2.68 bits per heavy atom. The summed E-state index contributed by atoms with van der Waals surface area (Å²) in [5.74, 6) is -0.478. The van der Waals surface area contributed by atoms with Crippen LogP contribution in [0.3, 0.4) is 0 Å². The highest BCUT2D eigenvalue weighted by molar-refractivity contribution is 9.10. The molecule has 1 rings (SSSR count). The van der Waals surface area contributed by atoms with Crippen molar-refractivity contribution in [1.29, 1.82) is 0 Å². The van der Waals surface area contributed by atoms with Gasteiger partial charge < -0.3 is 11.1 Å². The van der Waals surface area contributed by atoms with Crippen LogP contribution in [0, 0.1) is 11.7 Å². The number of nitrogens with two attached hydrogens (primary N) is 1. The Labute approximate surface area is 121 Å². The van der Waals surface area contributed by atoms with Crippen LogP contribution in [-0.2, 0) is 4.79 Å².